The highest BCUT2D eigenvalue weighted by molar-refractivity contribution is 6.35. The van der Waals surface area contributed by atoms with Gasteiger partial charge in [-0.25, -0.2) is 0 Å². The van der Waals surface area contributed by atoms with Crippen LogP contribution < -0.4 is 0 Å². The Balaban J connectivity index is 2.46. The van der Waals surface area contributed by atoms with Crippen LogP contribution >= 0.6 is 11.6 Å². The van der Waals surface area contributed by atoms with Gasteiger partial charge in [0, 0.05) is 23.5 Å². The van der Waals surface area contributed by atoms with Crippen LogP contribution in [0.1, 0.15) is 21.5 Å². The molecule has 0 saturated carbocycles. The number of carbonyl (C=O) groups is 1. The van der Waals surface area contributed by atoms with Gasteiger partial charge in [0.05, 0.1) is 5.02 Å². The first-order valence-corrected chi connectivity index (χ1v) is 5.28. The molecular formula is C13H10ClNO. The molecule has 0 saturated heterocycles. The van der Waals surface area contributed by atoms with Crippen molar-refractivity contribution >= 4 is 17.4 Å². The molecule has 0 aliphatic rings. The van der Waals surface area contributed by atoms with Crippen molar-refractivity contribution in [1.82, 2.24) is 4.98 Å². The topological polar surface area (TPSA) is 30.0 Å². The lowest BCUT2D eigenvalue weighted by Gasteiger charge is -2.05. The standard InChI is InChI=1S/C13H10ClNO/c1-9-4-2-6-11(12(9)14)13(16)10-5-3-7-15-8-10/h2-8H,1H3. The molecule has 16 heavy (non-hydrogen) atoms. The number of halogens is 1. The van der Waals surface area contributed by atoms with Gasteiger partial charge < -0.3 is 0 Å². The molecule has 1 aromatic carbocycles. The van der Waals surface area contributed by atoms with Crippen LogP contribution in [-0.4, -0.2) is 10.8 Å². The van der Waals surface area contributed by atoms with E-state index in [2.05, 4.69) is 4.98 Å². The fourth-order valence-electron chi connectivity index (χ4n) is 1.48. The molecule has 1 heterocycles. The first-order chi connectivity index (χ1) is 7.70. The highest BCUT2D eigenvalue weighted by Gasteiger charge is 2.13. The average molecular weight is 232 g/mol. The minimum atomic E-state index is -0.0956. The van der Waals surface area contributed by atoms with Gasteiger partial charge >= 0.3 is 0 Å². The Hall–Kier alpha value is -1.67. The summed E-state index contributed by atoms with van der Waals surface area (Å²) in [6.45, 7) is 1.88. The van der Waals surface area contributed by atoms with Crippen LogP contribution in [0.25, 0.3) is 0 Å². The van der Waals surface area contributed by atoms with Crippen LogP contribution in [0.5, 0.6) is 0 Å². The number of aromatic nitrogens is 1. The van der Waals surface area contributed by atoms with Crippen molar-refractivity contribution in [2.45, 2.75) is 6.92 Å². The number of benzene rings is 1. The average Bonchev–Trinajstić information content (AvgIpc) is 2.33. The Morgan fingerprint density at radius 3 is 2.75 bits per heavy atom. The Morgan fingerprint density at radius 1 is 1.25 bits per heavy atom. The van der Waals surface area contributed by atoms with Crippen molar-refractivity contribution in [3.05, 3.63) is 64.4 Å². The van der Waals surface area contributed by atoms with E-state index < -0.39 is 0 Å². The van der Waals surface area contributed by atoms with Gasteiger partial charge in [-0.1, -0.05) is 23.7 Å². The molecule has 0 N–H and O–H groups in total. The van der Waals surface area contributed by atoms with Crippen LogP contribution in [0.4, 0.5) is 0 Å². The number of hydrogen-bond donors (Lipinski definition) is 0. The number of carbonyl (C=O) groups excluding carboxylic acids is 1. The highest BCUT2D eigenvalue weighted by Crippen LogP contribution is 2.22. The van der Waals surface area contributed by atoms with Crippen LogP contribution in [0.15, 0.2) is 42.7 Å². The molecule has 0 aliphatic carbocycles. The van der Waals surface area contributed by atoms with Crippen molar-refractivity contribution in [3.8, 4) is 0 Å². The van der Waals surface area contributed by atoms with Crippen molar-refractivity contribution in [2.75, 3.05) is 0 Å². The van der Waals surface area contributed by atoms with Crippen molar-refractivity contribution in [1.29, 1.82) is 0 Å². The van der Waals surface area contributed by atoms with Crippen LogP contribution in [-0.2, 0) is 0 Å². The molecule has 0 atom stereocenters. The quantitative estimate of drug-likeness (QED) is 0.743. The fraction of sp³-hybridized carbons (Fsp3) is 0.0769. The Kier molecular flexibility index (Phi) is 3.02. The molecule has 80 valence electrons. The first-order valence-electron chi connectivity index (χ1n) is 4.90. The lowest BCUT2D eigenvalue weighted by molar-refractivity contribution is 0.103. The van der Waals surface area contributed by atoms with E-state index in [1.54, 1.807) is 30.6 Å². The number of ketones is 1. The molecule has 0 amide bonds. The summed E-state index contributed by atoms with van der Waals surface area (Å²) in [5.74, 6) is -0.0956. The zero-order chi connectivity index (χ0) is 11.5. The van der Waals surface area contributed by atoms with E-state index in [0.29, 0.717) is 16.1 Å². The number of pyridine rings is 1. The van der Waals surface area contributed by atoms with E-state index in [1.165, 1.54) is 0 Å². The van der Waals surface area contributed by atoms with Gasteiger partial charge in [-0.2, -0.15) is 0 Å². The molecule has 0 bridgehead atoms. The maximum atomic E-state index is 12.1. The summed E-state index contributed by atoms with van der Waals surface area (Å²) in [5.41, 5.74) is 1.97. The Bertz CT molecular complexity index is 523. The van der Waals surface area contributed by atoms with Gasteiger partial charge in [0.25, 0.3) is 0 Å². The summed E-state index contributed by atoms with van der Waals surface area (Å²) >= 11 is 6.10. The number of aryl methyl sites for hydroxylation is 1. The molecule has 0 unspecified atom stereocenters. The summed E-state index contributed by atoms with van der Waals surface area (Å²) in [4.78, 5) is 16.0. The molecule has 3 heteroatoms. The van der Waals surface area contributed by atoms with E-state index in [0.717, 1.165) is 5.56 Å². The predicted molar refractivity (Wildman–Crippen MR) is 63.9 cm³/mol. The smallest absolute Gasteiger partial charge is 0.196 e. The van der Waals surface area contributed by atoms with Gasteiger partial charge in [-0.05, 0) is 30.7 Å². The highest BCUT2D eigenvalue weighted by atomic mass is 35.5. The minimum Gasteiger partial charge on any atom is -0.288 e. The van der Waals surface area contributed by atoms with E-state index in [1.807, 2.05) is 19.1 Å². The van der Waals surface area contributed by atoms with Crippen LogP contribution in [0, 0.1) is 6.92 Å². The molecular weight excluding hydrogens is 222 g/mol. The summed E-state index contributed by atoms with van der Waals surface area (Å²) in [6.07, 6.45) is 3.18. The maximum Gasteiger partial charge on any atom is 0.196 e. The molecule has 0 aliphatic heterocycles. The Labute approximate surface area is 98.9 Å². The van der Waals surface area contributed by atoms with E-state index in [-0.39, 0.29) is 5.78 Å². The van der Waals surface area contributed by atoms with Crippen molar-refractivity contribution in [3.63, 3.8) is 0 Å². The lowest BCUT2D eigenvalue weighted by atomic mass is 10.0. The normalized spacial score (nSPS) is 10.1. The number of hydrogen-bond acceptors (Lipinski definition) is 2. The van der Waals surface area contributed by atoms with Gasteiger partial charge in [-0.3, -0.25) is 9.78 Å². The van der Waals surface area contributed by atoms with E-state index in [4.69, 9.17) is 11.6 Å². The van der Waals surface area contributed by atoms with E-state index in [9.17, 15) is 4.79 Å². The second-order valence-electron chi connectivity index (χ2n) is 3.51. The second-order valence-corrected chi connectivity index (χ2v) is 3.89. The predicted octanol–water partition coefficient (Wildman–Crippen LogP) is 3.27. The zero-order valence-corrected chi connectivity index (χ0v) is 9.53. The van der Waals surface area contributed by atoms with Gasteiger partial charge in [-0.15, -0.1) is 0 Å². The number of rotatable bonds is 2. The van der Waals surface area contributed by atoms with Gasteiger partial charge in [0.15, 0.2) is 5.78 Å². The molecule has 1 aromatic heterocycles. The first kappa shape index (κ1) is 10.8. The van der Waals surface area contributed by atoms with Gasteiger partial charge in [0.2, 0.25) is 0 Å². The lowest BCUT2D eigenvalue weighted by Crippen LogP contribution is -2.03. The largest absolute Gasteiger partial charge is 0.288 e. The third-order valence-corrected chi connectivity index (χ3v) is 2.86. The SMILES string of the molecule is Cc1cccc(C(=O)c2cccnc2)c1Cl. The third kappa shape index (κ3) is 1.97. The molecule has 0 fully saturated rings. The molecule has 2 nitrogen and oxygen atoms in total. The van der Waals surface area contributed by atoms with Crippen molar-refractivity contribution in [2.24, 2.45) is 0 Å². The van der Waals surface area contributed by atoms with Crippen LogP contribution in [0.2, 0.25) is 5.02 Å². The molecule has 0 spiro atoms. The maximum absolute atomic E-state index is 12.1. The summed E-state index contributed by atoms with van der Waals surface area (Å²) in [6, 6.07) is 8.89. The molecule has 2 rings (SSSR count). The van der Waals surface area contributed by atoms with E-state index >= 15 is 0 Å². The monoisotopic (exact) mass is 231 g/mol. The Morgan fingerprint density at radius 2 is 2.06 bits per heavy atom. The van der Waals surface area contributed by atoms with Crippen molar-refractivity contribution < 1.29 is 4.79 Å². The molecule has 2 aromatic rings. The fourth-order valence-corrected chi connectivity index (χ4v) is 1.69. The van der Waals surface area contributed by atoms with Gasteiger partial charge in [0.1, 0.15) is 0 Å². The van der Waals surface area contributed by atoms with Crippen LogP contribution in [0.3, 0.4) is 0 Å². The zero-order valence-electron chi connectivity index (χ0n) is 8.77. The minimum absolute atomic E-state index is 0.0956. The second kappa shape index (κ2) is 4.45. The number of nitrogens with zero attached hydrogens (tertiary/aromatic N) is 1. The summed E-state index contributed by atoms with van der Waals surface area (Å²) in [5, 5.41) is 0.511. The molecule has 0 radical (unpaired) electrons. The summed E-state index contributed by atoms with van der Waals surface area (Å²) < 4.78 is 0. The third-order valence-electron chi connectivity index (χ3n) is 2.36. The summed E-state index contributed by atoms with van der Waals surface area (Å²) in [7, 11) is 0.